The molecule has 0 spiro atoms. The second-order valence-corrected chi connectivity index (χ2v) is 6.22. The molecule has 2 heterocycles. The number of nitrogens with zero attached hydrogens (tertiary/aromatic N) is 4. The van der Waals surface area contributed by atoms with E-state index >= 15 is 0 Å². The summed E-state index contributed by atoms with van der Waals surface area (Å²) in [6.45, 7) is 2.23. The molecule has 6 nitrogen and oxygen atoms in total. The maximum absolute atomic E-state index is 12.8. The lowest BCUT2D eigenvalue weighted by molar-refractivity contribution is 0.569. The van der Waals surface area contributed by atoms with Crippen LogP contribution in [-0.4, -0.2) is 28.2 Å². The summed E-state index contributed by atoms with van der Waals surface area (Å²) >= 11 is 0. The Labute approximate surface area is 113 Å². The van der Waals surface area contributed by atoms with Gasteiger partial charge in [0.1, 0.15) is 11.5 Å². The first-order valence-corrected chi connectivity index (χ1v) is 7.74. The molecule has 2 aromatic heterocycles. The Morgan fingerprint density at radius 3 is 2.63 bits per heavy atom. The molecule has 0 bridgehead atoms. The Kier molecular flexibility index (Phi) is 3.81. The van der Waals surface area contributed by atoms with Gasteiger partial charge in [-0.1, -0.05) is 6.92 Å². The molecule has 2 aromatic rings. The quantitative estimate of drug-likeness (QED) is 0.805. The SMILES string of the molecule is CCCn1c(-c2ccc(F)cn2)nnc1S(=O)(=O)Cl. The molecule has 0 saturated carbocycles. The number of aromatic nitrogens is 4. The zero-order valence-corrected chi connectivity index (χ0v) is 11.5. The van der Waals surface area contributed by atoms with Gasteiger partial charge in [-0.3, -0.25) is 4.57 Å². The van der Waals surface area contributed by atoms with E-state index in [9.17, 15) is 12.8 Å². The molecule has 0 aliphatic carbocycles. The summed E-state index contributed by atoms with van der Waals surface area (Å²) in [5.74, 6) is -0.253. The highest BCUT2D eigenvalue weighted by Gasteiger charge is 2.23. The summed E-state index contributed by atoms with van der Waals surface area (Å²) in [6, 6.07) is 2.61. The molecule has 0 aromatic carbocycles. The van der Waals surface area contributed by atoms with Crippen molar-refractivity contribution in [1.29, 1.82) is 0 Å². The van der Waals surface area contributed by atoms with Gasteiger partial charge in [0.15, 0.2) is 5.82 Å². The molecule has 0 radical (unpaired) electrons. The van der Waals surface area contributed by atoms with E-state index < -0.39 is 14.9 Å². The second-order valence-electron chi connectivity index (χ2n) is 3.76. The van der Waals surface area contributed by atoms with Crippen molar-refractivity contribution in [1.82, 2.24) is 19.7 Å². The summed E-state index contributed by atoms with van der Waals surface area (Å²) in [6.07, 6.45) is 1.68. The van der Waals surface area contributed by atoms with Gasteiger partial charge in [0.2, 0.25) is 0 Å². The Hall–Kier alpha value is -1.54. The van der Waals surface area contributed by atoms with Crippen molar-refractivity contribution in [3.05, 3.63) is 24.1 Å². The number of hydrogen-bond donors (Lipinski definition) is 0. The largest absolute Gasteiger partial charge is 0.296 e. The summed E-state index contributed by atoms with van der Waals surface area (Å²) in [5.41, 5.74) is 0.328. The van der Waals surface area contributed by atoms with Crippen LogP contribution in [0.15, 0.2) is 23.5 Å². The molecule has 9 heteroatoms. The van der Waals surface area contributed by atoms with Gasteiger partial charge in [-0.25, -0.2) is 17.8 Å². The van der Waals surface area contributed by atoms with Crippen LogP contribution in [0, 0.1) is 5.82 Å². The second kappa shape index (κ2) is 5.22. The topological polar surface area (TPSA) is 77.7 Å². The van der Waals surface area contributed by atoms with Crippen LogP contribution in [0.5, 0.6) is 0 Å². The molecule has 0 fully saturated rings. The minimum Gasteiger partial charge on any atom is -0.296 e. The summed E-state index contributed by atoms with van der Waals surface area (Å²) in [4.78, 5) is 3.85. The van der Waals surface area contributed by atoms with Crippen LogP contribution in [0.4, 0.5) is 4.39 Å². The first-order valence-electron chi connectivity index (χ1n) is 5.43. The molecule has 0 atom stereocenters. The van der Waals surface area contributed by atoms with Crippen LogP contribution < -0.4 is 0 Å². The zero-order chi connectivity index (χ0) is 14.0. The Morgan fingerprint density at radius 2 is 2.11 bits per heavy atom. The first kappa shape index (κ1) is 13.9. The van der Waals surface area contributed by atoms with E-state index in [4.69, 9.17) is 10.7 Å². The van der Waals surface area contributed by atoms with Crippen molar-refractivity contribution < 1.29 is 12.8 Å². The number of rotatable bonds is 4. The highest BCUT2D eigenvalue weighted by Crippen LogP contribution is 2.21. The van der Waals surface area contributed by atoms with Crippen molar-refractivity contribution in [3.63, 3.8) is 0 Å². The van der Waals surface area contributed by atoms with E-state index in [-0.39, 0.29) is 11.0 Å². The molecule has 0 amide bonds. The van der Waals surface area contributed by atoms with Gasteiger partial charge < -0.3 is 0 Å². The predicted octanol–water partition coefficient (Wildman–Crippen LogP) is 1.82. The van der Waals surface area contributed by atoms with Gasteiger partial charge in [-0.2, -0.15) is 0 Å². The Bertz CT molecular complexity index is 684. The number of hydrogen-bond acceptors (Lipinski definition) is 5. The van der Waals surface area contributed by atoms with Crippen LogP contribution >= 0.6 is 10.7 Å². The molecule has 0 N–H and O–H groups in total. The smallest absolute Gasteiger partial charge is 0.296 e. The van der Waals surface area contributed by atoms with Crippen molar-refractivity contribution in [2.45, 2.75) is 25.0 Å². The van der Waals surface area contributed by atoms with Crippen molar-refractivity contribution in [3.8, 4) is 11.5 Å². The van der Waals surface area contributed by atoms with Gasteiger partial charge in [0.25, 0.3) is 14.2 Å². The van der Waals surface area contributed by atoms with Gasteiger partial charge in [-0.15, -0.1) is 10.2 Å². The van der Waals surface area contributed by atoms with E-state index in [0.29, 0.717) is 18.7 Å². The van der Waals surface area contributed by atoms with E-state index in [1.54, 1.807) is 0 Å². The molecule has 0 aliphatic rings. The number of halogens is 2. The minimum atomic E-state index is -3.99. The highest BCUT2D eigenvalue weighted by molar-refractivity contribution is 8.13. The molecule has 2 rings (SSSR count). The van der Waals surface area contributed by atoms with Crippen LogP contribution in [-0.2, 0) is 15.6 Å². The molecule has 0 saturated heterocycles. The van der Waals surface area contributed by atoms with Gasteiger partial charge in [0.05, 0.1) is 6.20 Å². The molecule has 0 aliphatic heterocycles. The Morgan fingerprint density at radius 1 is 1.37 bits per heavy atom. The fourth-order valence-corrected chi connectivity index (χ4v) is 2.51. The van der Waals surface area contributed by atoms with Gasteiger partial charge >= 0.3 is 0 Å². The first-order chi connectivity index (χ1) is 8.93. The summed E-state index contributed by atoms with van der Waals surface area (Å²) in [5, 5.41) is 6.99. The third-order valence-corrected chi connectivity index (χ3v) is 3.49. The number of pyridine rings is 1. The molecular formula is C10H10ClFN4O2S. The summed E-state index contributed by atoms with van der Waals surface area (Å²) in [7, 11) is 1.30. The standard InChI is InChI=1S/C10H10ClFN4O2S/c1-2-5-16-9(8-4-3-7(12)6-13-8)14-15-10(16)19(11,17)18/h3-4,6H,2,5H2,1H3. The maximum atomic E-state index is 12.8. The van der Waals surface area contributed by atoms with E-state index in [1.807, 2.05) is 6.92 Å². The fourth-order valence-electron chi connectivity index (χ4n) is 1.59. The lowest BCUT2D eigenvalue weighted by Gasteiger charge is -2.06. The lowest BCUT2D eigenvalue weighted by Crippen LogP contribution is -2.08. The van der Waals surface area contributed by atoms with E-state index in [0.717, 1.165) is 6.20 Å². The molecular weight excluding hydrogens is 295 g/mol. The monoisotopic (exact) mass is 304 g/mol. The van der Waals surface area contributed by atoms with Crippen molar-refractivity contribution in [2.24, 2.45) is 0 Å². The maximum Gasteiger partial charge on any atom is 0.296 e. The Balaban J connectivity index is 2.58. The van der Waals surface area contributed by atoms with E-state index in [2.05, 4.69) is 15.2 Å². The third-order valence-electron chi connectivity index (χ3n) is 2.34. The highest BCUT2D eigenvalue weighted by atomic mass is 35.7. The molecule has 19 heavy (non-hydrogen) atoms. The zero-order valence-electron chi connectivity index (χ0n) is 9.92. The van der Waals surface area contributed by atoms with E-state index in [1.165, 1.54) is 16.7 Å². The van der Waals surface area contributed by atoms with Crippen LogP contribution in [0.1, 0.15) is 13.3 Å². The van der Waals surface area contributed by atoms with Crippen LogP contribution in [0.2, 0.25) is 0 Å². The van der Waals surface area contributed by atoms with Crippen molar-refractivity contribution in [2.75, 3.05) is 0 Å². The summed E-state index contributed by atoms with van der Waals surface area (Å²) < 4.78 is 37.0. The van der Waals surface area contributed by atoms with Gasteiger partial charge in [-0.05, 0) is 18.6 Å². The normalized spacial score (nSPS) is 11.7. The molecule has 102 valence electrons. The van der Waals surface area contributed by atoms with Crippen molar-refractivity contribution >= 4 is 19.7 Å². The molecule has 0 unspecified atom stereocenters. The average molecular weight is 305 g/mol. The predicted molar refractivity (Wildman–Crippen MR) is 66.5 cm³/mol. The van der Waals surface area contributed by atoms with Crippen LogP contribution in [0.3, 0.4) is 0 Å². The third kappa shape index (κ3) is 2.90. The minimum absolute atomic E-state index is 0.237. The van der Waals surface area contributed by atoms with Crippen LogP contribution in [0.25, 0.3) is 11.5 Å². The average Bonchev–Trinajstić information content (AvgIpc) is 2.74. The lowest BCUT2D eigenvalue weighted by atomic mass is 10.3. The fraction of sp³-hybridized carbons (Fsp3) is 0.300. The van der Waals surface area contributed by atoms with Gasteiger partial charge in [0, 0.05) is 17.2 Å².